The molecule has 2 aromatic heterocycles. The van der Waals surface area contributed by atoms with E-state index in [2.05, 4.69) is 21.3 Å². The van der Waals surface area contributed by atoms with Crippen molar-refractivity contribution in [1.29, 1.82) is 5.26 Å². The fourth-order valence-corrected chi connectivity index (χ4v) is 4.16. The molecule has 1 N–H and O–H groups in total. The number of piperazine rings is 1. The molecule has 1 fully saturated rings. The molecule has 0 amide bonds. The maximum absolute atomic E-state index is 10.9. The summed E-state index contributed by atoms with van der Waals surface area (Å²) in [5, 5.41) is 24.6. The second kappa shape index (κ2) is 6.90. The van der Waals surface area contributed by atoms with Crippen LogP contribution in [0.5, 0.6) is 0 Å². The Morgan fingerprint density at radius 1 is 1.26 bits per heavy atom. The number of nitrogens with one attached hydrogen (secondary N) is 1. The third-order valence-electron chi connectivity index (χ3n) is 4.63. The van der Waals surface area contributed by atoms with Gasteiger partial charge in [0.05, 0.1) is 10.3 Å². The summed E-state index contributed by atoms with van der Waals surface area (Å²) in [6.45, 7) is 5.31. The Morgan fingerprint density at radius 3 is 2.59 bits per heavy atom. The highest BCUT2D eigenvalue weighted by molar-refractivity contribution is 7.19. The number of rotatable bonds is 3. The molecule has 0 unspecified atom stereocenters. The predicted octanol–water partition coefficient (Wildman–Crippen LogP) is 2.86. The number of non-ortho nitro benzene ring substituents is 1. The molecule has 0 spiro atoms. The van der Waals surface area contributed by atoms with E-state index in [1.807, 2.05) is 6.92 Å². The number of nitrogens with zero attached hydrogens (tertiary/aromatic N) is 5. The van der Waals surface area contributed by atoms with Gasteiger partial charge in [0.25, 0.3) is 5.69 Å². The second-order valence-electron chi connectivity index (χ2n) is 6.26. The van der Waals surface area contributed by atoms with Crippen LogP contribution in [0.4, 0.5) is 11.5 Å². The van der Waals surface area contributed by atoms with E-state index in [1.54, 1.807) is 12.1 Å². The van der Waals surface area contributed by atoms with Crippen LogP contribution in [0.1, 0.15) is 10.4 Å². The molecule has 0 aliphatic carbocycles. The molecule has 1 aromatic carbocycles. The summed E-state index contributed by atoms with van der Waals surface area (Å²) in [6.07, 6.45) is 0. The van der Waals surface area contributed by atoms with E-state index >= 15 is 0 Å². The topological polar surface area (TPSA) is 108 Å². The molecule has 27 heavy (non-hydrogen) atoms. The highest BCUT2D eigenvalue weighted by Crippen LogP contribution is 2.37. The quantitative estimate of drug-likeness (QED) is 0.550. The van der Waals surface area contributed by atoms with E-state index in [-0.39, 0.29) is 5.69 Å². The molecule has 1 aliphatic rings. The van der Waals surface area contributed by atoms with Gasteiger partial charge in [0.15, 0.2) is 5.82 Å². The zero-order chi connectivity index (χ0) is 19.0. The van der Waals surface area contributed by atoms with Crippen molar-refractivity contribution < 1.29 is 4.92 Å². The van der Waals surface area contributed by atoms with E-state index in [0.29, 0.717) is 16.3 Å². The summed E-state index contributed by atoms with van der Waals surface area (Å²) in [7, 11) is 0. The zero-order valence-corrected chi connectivity index (χ0v) is 15.4. The smallest absolute Gasteiger partial charge is 0.269 e. The minimum atomic E-state index is -0.429. The maximum atomic E-state index is 10.9. The van der Waals surface area contributed by atoms with E-state index < -0.39 is 4.92 Å². The van der Waals surface area contributed by atoms with Crippen LogP contribution in [-0.2, 0) is 0 Å². The van der Waals surface area contributed by atoms with Gasteiger partial charge in [-0.3, -0.25) is 10.1 Å². The number of hydrogen-bond donors (Lipinski definition) is 1. The fourth-order valence-electron chi connectivity index (χ4n) is 3.19. The van der Waals surface area contributed by atoms with Crippen molar-refractivity contribution in [2.24, 2.45) is 0 Å². The van der Waals surface area contributed by atoms with E-state index in [4.69, 9.17) is 4.98 Å². The van der Waals surface area contributed by atoms with E-state index in [1.165, 1.54) is 23.5 Å². The maximum Gasteiger partial charge on any atom is 0.269 e. The van der Waals surface area contributed by atoms with Gasteiger partial charge >= 0.3 is 0 Å². The highest BCUT2D eigenvalue weighted by Gasteiger charge is 2.22. The van der Waals surface area contributed by atoms with Crippen LogP contribution in [0.25, 0.3) is 21.6 Å². The van der Waals surface area contributed by atoms with Gasteiger partial charge in [0.2, 0.25) is 0 Å². The average molecular weight is 380 g/mol. The predicted molar refractivity (Wildman–Crippen MR) is 104 cm³/mol. The summed E-state index contributed by atoms with van der Waals surface area (Å²) in [6, 6.07) is 8.46. The molecule has 0 atom stereocenters. The molecule has 0 saturated carbocycles. The lowest BCUT2D eigenvalue weighted by molar-refractivity contribution is -0.384. The second-order valence-corrected chi connectivity index (χ2v) is 7.26. The third kappa shape index (κ3) is 3.09. The monoisotopic (exact) mass is 380 g/mol. The van der Waals surface area contributed by atoms with Crippen molar-refractivity contribution >= 4 is 33.1 Å². The largest absolute Gasteiger partial charge is 0.353 e. The Morgan fingerprint density at radius 2 is 1.96 bits per heavy atom. The van der Waals surface area contributed by atoms with Crippen LogP contribution in [0, 0.1) is 28.4 Å². The lowest BCUT2D eigenvalue weighted by atomic mass is 10.1. The number of hydrogen-bond acceptors (Lipinski definition) is 8. The summed E-state index contributed by atoms with van der Waals surface area (Å²) in [4.78, 5) is 23.5. The molecule has 3 heterocycles. The van der Waals surface area contributed by atoms with Crippen molar-refractivity contribution in [1.82, 2.24) is 15.3 Å². The van der Waals surface area contributed by atoms with Gasteiger partial charge < -0.3 is 10.2 Å². The van der Waals surface area contributed by atoms with Crippen LogP contribution in [0.3, 0.4) is 0 Å². The molecule has 0 bridgehead atoms. The Hall–Kier alpha value is -3.09. The normalized spacial score (nSPS) is 14.3. The Bertz CT molecular complexity index is 1060. The molecule has 0 radical (unpaired) electrons. The molecule has 4 rings (SSSR count). The number of nitro groups is 1. The molecule has 1 saturated heterocycles. The SMILES string of the molecule is Cc1c(C#N)sc2nc(-c3ccc([N+](=O)[O-])cc3)nc(N3CCNCC3)c12. The molecular formula is C18H16N6O2S. The summed E-state index contributed by atoms with van der Waals surface area (Å²) >= 11 is 1.36. The minimum Gasteiger partial charge on any atom is -0.353 e. The molecule has 8 nitrogen and oxygen atoms in total. The number of aromatic nitrogens is 2. The van der Waals surface area contributed by atoms with Crippen molar-refractivity contribution in [2.45, 2.75) is 6.92 Å². The Kier molecular flexibility index (Phi) is 4.43. The number of benzene rings is 1. The Labute approximate surface area is 159 Å². The third-order valence-corrected chi connectivity index (χ3v) is 5.72. The highest BCUT2D eigenvalue weighted by atomic mass is 32.1. The van der Waals surface area contributed by atoms with Gasteiger partial charge in [-0.1, -0.05) is 0 Å². The molecule has 1 aliphatic heterocycles. The lowest BCUT2D eigenvalue weighted by Crippen LogP contribution is -2.44. The molecule has 136 valence electrons. The molecule has 3 aromatic rings. The van der Waals surface area contributed by atoms with Gasteiger partial charge in [0.1, 0.15) is 21.6 Å². The first kappa shape index (κ1) is 17.3. The van der Waals surface area contributed by atoms with Gasteiger partial charge in [0, 0.05) is 43.9 Å². The standard InChI is InChI=1S/C18H16N6O2S/c1-11-14(10-19)27-18-15(11)17(23-8-6-20-7-9-23)21-16(22-18)12-2-4-13(5-3-12)24(25)26/h2-5,20H,6-9H2,1H3. The summed E-state index contributed by atoms with van der Waals surface area (Å²) in [5.41, 5.74) is 1.64. The van der Waals surface area contributed by atoms with Crippen LogP contribution in [0.15, 0.2) is 24.3 Å². The number of nitriles is 1. The molecule has 9 heteroatoms. The fraction of sp³-hybridized carbons (Fsp3) is 0.278. The Balaban J connectivity index is 1.89. The summed E-state index contributed by atoms with van der Waals surface area (Å²) in [5.74, 6) is 1.33. The van der Waals surface area contributed by atoms with Crippen LogP contribution in [0.2, 0.25) is 0 Å². The van der Waals surface area contributed by atoms with Crippen LogP contribution in [-0.4, -0.2) is 41.1 Å². The van der Waals surface area contributed by atoms with Gasteiger partial charge in [-0.15, -0.1) is 11.3 Å². The van der Waals surface area contributed by atoms with Crippen molar-refractivity contribution in [2.75, 3.05) is 31.1 Å². The first-order valence-corrected chi connectivity index (χ1v) is 9.32. The van der Waals surface area contributed by atoms with Crippen LogP contribution < -0.4 is 10.2 Å². The first-order chi connectivity index (χ1) is 13.1. The van der Waals surface area contributed by atoms with Crippen molar-refractivity contribution in [3.05, 3.63) is 44.8 Å². The van der Waals surface area contributed by atoms with Gasteiger partial charge in [-0.25, -0.2) is 9.97 Å². The number of fused-ring (bicyclic) bond motifs is 1. The van der Waals surface area contributed by atoms with Crippen molar-refractivity contribution in [3.63, 3.8) is 0 Å². The lowest BCUT2D eigenvalue weighted by Gasteiger charge is -2.29. The van der Waals surface area contributed by atoms with Crippen LogP contribution >= 0.6 is 11.3 Å². The number of anilines is 1. The van der Waals surface area contributed by atoms with Crippen molar-refractivity contribution in [3.8, 4) is 17.5 Å². The average Bonchev–Trinajstić information content (AvgIpc) is 3.04. The van der Waals surface area contributed by atoms with E-state index in [9.17, 15) is 15.4 Å². The number of aryl methyl sites for hydroxylation is 1. The van der Waals surface area contributed by atoms with Gasteiger partial charge in [-0.2, -0.15) is 5.26 Å². The van der Waals surface area contributed by atoms with Gasteiger partial charge in [-0.05, 0) is 24.6 Å². The van der Waals surface area contributed by atoms with E-state index in [0.717, 1.165) is 47.8 Å². The number of nitro benzene ring substituents is 1. The number of thiophene rings is 1. The first-order valence-electron chi connectivity index (χ1n) is 8.50. The zero-order valence-electron chi connectivity index (χ0n) is 14.6. The summed E-state index contributed by atoms with van der Waals surface area (Å²) < 4.78 is 0. The molecular weight excluding hydrogens is 364 g/mol. The minimum absolute atomic E-state index is 0.0286.